The molecule has 0 saturated heterocycles. The molecule has 0 aliphatic heterocycles. The van der Waals surface area contributed by atoms with Gasteiger partial charge < -0.3 is 5.73 Å². The molecule has 0 rings (SSSR count). The van der Waals surface area contributed by atoms with Crippen LogP contribution in [-0.4, -0.2) is 38.4 Å². The number of hydrogen-bond donors (Lipinski definition) is 2. The monoisotopic (exact) mass is 251 g/mol. The Labute approximate surface area is 99.6 Å². The van der Waals surface area contributed by atoms with Gasteiger partial charge in [-0.25, -0.2) is 4.72 Å². The molecule has 0 aliphatic carbocycles. The molecule has 0 radical (unpaired) electrons. The summed E-state index contributed by atoms with van der Waals surface area (Å²) in [5, 5.41) is 0. The molecule has 0 aromatic rings. The molecular formula is C10H25N3O2S. The lowest BCUT2D eigenvalue weighted by Gasteiger charge is -2.22. The van der Waals surface area contributed by atoms with E-state index in [0.29, 0.717) is 5.92 Å². The third-order valence-electron chi connectivity index (χ3n) is 2.41. The van der Waals surface area contributed by atoms with Crippen LogP contribution < -0.4 is 10.5 Å². The molecule has 0 fully saturated rings. The molecule has 0 amide bonds. The van der Waals surface area contributed by atoms with Gasteiger partial charge in [-0.3, -0.25) is 0 Å². The van der Waals surface area contributed by atoms with Crippen LogP contribution in [0.2, 0.25) is 0 Å². The first-order valence-corrected chi connectivity index (χ1v) is 7.09. The molecular weight excluding hydrogens is 226 g/mol. The molecule has 0 aromatic carbocycles. The zero-order valence-corrected chi connectivity index (χ0v) is 11.7. The van der Waals surface area contributed by atoms with Crippen LogP contribution in [0.4, 0.5) is 0 Å². The first kappa shape index (κ1) is 15.8. The smallest absolute Gasteiger partial charge is 0.279 e. The Morgan fingerprint density at radius 3 is 2.12 bits per heavy atom. The predicted molar refractivity (Wildman–Crippen MR) is 67.3 cm³/mol. The maximum atomic E-state index is 11.7. The predicted octanol–water partition coefficient (Wildman–Crippen LogP) is 0.534. The Morgan fingerprint density at radius 1 is 1.25 bits per heavy atom. The van der Waals surface area contributed by atoms with Gasteiger partial charge in [0.2, 0.25) is 0 Å². The highest BCUT2D eigenvalue weighted by molar-refractivity contribution is 7.87. The van der Waals surface area contributed by atoms with Gasteiger partial charge in [0, 0.05) is 25.7 Å². The highest BCUT2D eigenvalue weighted by Crippen LogP contribution is 2.04. The topological polar surface area (TPSA) is 75.4 Å². The summed E-state index contributed by atoms with van der Waals surface area (Å²) in [4.78, 5) is 0. The summed E-state index contributed by atoms with van der Waals surface area (Å²) in [5.41, 5.74) is 5.81. The van der Waals surface area contributed by atoms with Crippen molar-refractivity contribution in [3.63, 3.8) is 0 Å². The lowest BCUT2D eigenvalue weighted by Crippen LogP contribution is -2.46. The second-order valence-corrected chi connectivity index (χ2v) is 6.67. The Hall–Kier alpha value is -0.170. The molecule has 0 aliphatic rings. The average molecular weight is 251 g/mol. The van der Waals surface area contributed by atoms with Gasteiger partial charge in [-0.1, -0.05) is 13.8 Å². The lowest BCUT2D eigenvalue weighted by molar-refractivity contribution is 0.397. The van der Waals surface area contributed by atoms with E-state index in [1.54, 1.807) is 7.05 Å². The lowest BCUT2D eigenvalue weighted by atomic mass is 10.1. The Bertz CT molecular complexity index is 288. The number of nitrogens with one attached hydrogen (secondary N) is 1. The summed E-state index contributed by atoms with van der Waals surface area (Å²) in [5.74, 6) is 0.474. The quantitative estimate of drug-likeness (QED) is 0.693. The van der Waals surface area contributed by atoms with Crippen molar-refractivity contribution in [2.45, 2.75) is 46.2 Å². The zero-order chi connectivity index (χ0) is 12.9. The van der Waals surface area contributed by atoms with Crippen LogP contribution >= 0.6 is 0 Å². The molecule has 0 aromatic heterocycles. The van der Waals surface area contributed by atoms with E-state index in [-0.39, 0.29) is 18.6 Å². The van der Waals surface area contributed by atoms with Crippen molar-refractivity contribution in [3.05, 3.63) is 0 Å². The minimum Gasteiger partial charge on any atom is -0.327 e. The normalized spacial score (nSPS) is 15.1. The molecule has 1 atom stereocenters. The van der Waals surface area contributed by atoms with Crippen molar-refractivity contribution in [1.82, 2.24) is 9.03 Å². The van der Waals surface area contributed by atoms with Crippen molar-refractivity contribution in [2.24, 2.45) is 11.7 Å². The molecule has 5 nitrogen and oxygen atoms in total. The number of rotatable bonds is 7. The van der Waals surface area contributed by atoms with Crippen molar-refractivity contribution in [1.29, 1.82) is 0 Å². The van der Waals surface area contributed by atoms with E-state index in [2.05, 4.69) is 18.6 Å². The maximum absolute atomic E-state index is 11.7. The molecule has 0 heterocycles. The van der Waals surface area contributed by atoms with Crippen LogP contribution in [0.3, 0.4) is 0 Å². The second-order valence-electron chi connectivity index (χ2n) is 4.85. The fourth-order valence-corrected chi connectivity index (χ4v) is 2.46. The van der Waals surface area contributed by atoms with Crippen molar-refractivity contribution in [2.75, 3.05) is 13.6 Å². The summed E-state index contributed by atoms with van der Waals surface area (Å²) in [7, 11) is -1.83. The molecule has 0 saturated carbocycles. The van der Waals surface area contributed by atoms with Gasteiger partial charge in [-0.05, 0) is 26.2 Å². The summed E-state index contributed by atoms with van der Waals surface area (Å²) >= 11 is 0. The Morgan fingerprint density at radius 2 is 1.75 bits per heavy atom. The van der Waals surface area contributed by atoms with Crippen molar-refractivity contribution in [3.8, 4) is 0 Å². The van der Waals surface area contributed by atoms with Gasteiger partial charge in [-0.15, -0.1) is 0 Å². The SMILES string of the molecule is CC(C)CC(N)CNS(=O)(=O)N(C)C(C)C. The second kappa shape index (κ2) is 6.54. The Balaban J connectivity index is 4.19. The van der Waals surface area contributed by atoms with Gasteiger partial charge >= 0.3 is 0 Å². The summed E-state index contributed by atoms with van der Waals surface area (Å²) in [6.07, 6.45) is 0.813. The molecule has 6 heteroatoms. The van der Waals surface area contributed by atoms with E-state index < -0.39 is 10.2 Å². The number of hydrogen-bond acceptors (Lipinski definition) is 3. The van der Waals surface area contributed by atoms with Crippen LogP contribution in [-0.2, 0) is 10.2 Å². The van der Waals surface area contributed by atoms with Crippen molar-refractivity contribution < 1.29 is 8.42 Å². The third kappa shape index (κ3) is 5.79. The molecule has 16 heavy (non-hydrogen) atoms. The summed E-state index contributed by atoms with van der Waals surface area (Å²) in [6.45, 7) is 8.07. The Kier molecular flexibility index (Phi) is 6.47. The molecule has 3 N–H and O–H groups in total. The van der Waals surface area contributed by atoms with Gasteiger partial charge in [-0.2, -0.15) is 12.7 Å². The fraction of sp³-hybridized carbons (Fsp3) is 1.00. The largest absolute Gasteiger partial charge is 0.327 e. The van der Waals surface area contributed by atoms with E-state index in [0.717, 1.165) is 6.42 Å². The van der Waals surface area contributed by atoms with Crippen LogP contribution in [0.1, 0.15) is 34.1 Å². The fourth-order valence-electron chi connectivity index (χ4n) is 1.28. The van der Waals surface area contributed by atoms with E-state index in [1.807, 2.05) is 13.8 Å². The third-order valence-corrected chi connectivity index (χ3v) is 4.12. The highest BCUT2D eigenvalue weighted by Gasteiger charge is 2.20. The van der Waals surface area contributed by atoms with Crippen LogP contribution in [0.25, 0.3) is 0 Å². The van der Waals surface area contributed by atoms with Gasteiger partial charge in [0.25, 0.3) is 10.2 Å². The van der Waals surface area contributed by atoms with Gasteiger partial charge in [0.1, 0.15) is 0 Å². The van der Waals surface area contributed by atoms with Crippen LogP contribution in [0, 0.1) is 5.92 Å². The number of nitrogens with two attached hydrogens (primary N) is 1. The first-order chi connectivity index (χ1) is 7.16. The van der Waals surface area contributed by atoms with Crippen LogP contribution in [0.15, 0.2) is 0 Å². The van der Waals surface area contributed by atoms with Crippen molar-refractivity contribution >= 4 is 10.2 Å². The first-order valence-electron chi connectivity index (χ1n) is 5.65. The number of nitrogens with zero attached hydrogens (tertiary/aromatic N) is 1. The molecule has 1 unspecified atom stereocenters. The summed E-state index contributed by atoms with van der Waals surface area (Å²) < 4.78 is 27.3. The van der Waals surface area contributed by atoms with Crippen LogP contribution in [0.5, 0.6) is 0 Å². The minimum absolute atomic E-state index is 0.0566. The van der Waals surface area contributed by atoms with E-state index in [4.69, 9.17) is 5.73 Å². The zero-order valence-electron chi connectivity index (χ0n) is 10.9. The maximum Gasteiger partial charge on any atom is 0.279 e. The minimum atomic E-state index is -3.39. The van der Waals surface area contributed by atoms with Gasteiger partial charge in [0.05, 0.1) is 0 Å². The molecule has 98 valence electrons. The van der Waals surface area contributed by atoms with Gasteiger partial charge in [0.15, 0.2) is 0 Å². The van der Waals surface area contributed by atoms with E-state index in [9.17, 15) is 8.42 Å². The van der Waals surface area contributed by atoms with E-state index >= 15 is 0 Å². The molecule has 0 spiro atoms. The summed E-state index contributed by atoms with van der Waals surface area (Å²) in [6, 6.07) is -0.186. The molecule has 0 bridgehead atoms. The average Bonchev–Trinajstić information content (AvgIpc) is 2.12. The van der Waals surface area contributed by atoms with E-state index in [1.165, 1.54) is 4.31 Å². The highest BCUT2D eigenvalue weighted by atomic mass is 32.2. The standard InChI is InChI=1S/C10H25N3O2S/c1-8(2)6-10(11)7-12-16(14,15)13(5)9(3)4/h8-10,12H,6-7,11H2,1-5H3.